The summed E-state index contributed by atoms with van der Waals surface area (Å²) >= 11 is 5.76. The molecule has 27 heavy (non-hydrogen) atoms. The number of sulfonamides is 1. The van der Waals surface area contributed by atoms with Crippen LogP contribution in [0.25, 0.3) is 0 Å². The van der Waals surface area contributed by atoms with Crippen molar-refractivity contribution in [1.82, 2.24) is 10.0 Å². The summed E-state index contributed by atoms with van der Waals surface area (Å²) in [4.78, 5) is 12.3. The molecule has 0 aromatic heterocycles. The summed E-state index contributed by atoms with van der Waals surface area (Å²) in [6.07, 6.45) is 0. The van der Waals surface area contributed by atoms with Crippen molar-refractivity contribution in [3.63, 3.8) is 0 Å². The number of carbonyl (C=O) groups is 1. The van der Waals surface area contributed by atoms with E-state index in [1.807, 2.05) is 0 Å². The van der Waals surface area contributed by atoms with Crippen LogP contribution in [0.15, 0.2) is 47.4 Å². The third kappa shape index (κ3) is 5.59. The molecular formula is C18H21ClN2O5S. The van der Waals surface area contributed by atoms with Gasteiger partial charge in [-0.05, 0) is 48.9 Å². The first-order valence-electron chi connectivity index (χ1n) is 8.03. The minimum atomic E-state index is -3.83. The molecule has 0 aliphatic heterocycles. The molecule has 0 aliphatic rings. The van der Waals surface area contributed by atoms with E-state index >= 15 is 0 Å². The summed E-state index contributed by atoms with van der Waals surface area (Å²) in [5, 5.41) is 3.11. The minimum absolute atomic E-state index is 0.0337. The second kappa shape index (κ2) is 9.07. The normalized spacial score (nSPS) is 12.3. The quantitative estimate of drug-likeness (QED) is 0.694. The summed E-state index contributed by atoms with van der Waals surface area (Å²) < 4.78 is 37.4. The van der Waals surface area contributed by atoms with Gasteiger partial charge in [0.25, 0.3) is 0 Å². The number of methoxy groups -OCH3 is 2. The molecule has 7 nitrogen and oxygen atoms in total. The van der Waals surface area contributed by atoms with Crippen LogP contribution in [0, 0.1) is 0 Å². The van der Waals surface area contributed by atoms with Crippen molar-refractivity contribution in [1.29, 1.82) is 0 Å². The van der Waals surface area contributed by atoms with Gasteiger partial charge in [0.1, 0.15) is 0 Å². The highest BCUT2D eigenvalue weighted by Crippen LogP contribution is 2.27. The van der Waals surface area contributed by atoms with Crippen LogP contribution < -0.4 is 19.5 Å². The Morgan fingerprint density at radius 3 is 2.30 bits per heavy atom. The van der Waals surface area contributed by atoms with Gasteiger partial charge >= 0.3 is 0 Å². The van der Waals surface area contributed by atoms with E-state index in [0.29, 0.717) is 16.5 Å². The molecule has 1 amide bonds. The fraction of sp³-hybridized carbons (Fsp3) is 0.278. The fourth-order valence-corrected chi connectivity index (χ4v) is 3.63. The number of rotatable bonds is 8. The lowest BCUT2D eigenvalue weighted by atomic mass is 10.2. The molecule has 146 valence electrons. The lowest BCUT2D eigenvalue weighted by Gasteiger charge is -2.15. The summed E-state index contributed by atoms with van der Waals surface area (Å²) in [5.41, 5.74) is 0.786. The largest absolute Gasteiger partial charge is 0.493 e. The van der Waals surface area contributed by atoms with Gasteiger partial charge in [0.05, 0.1) is 25.2 Å². The Bertz CT molecular complexity index is 900. The molecule has 2 aromatic carbocycles. The highest BCUT2D eigenvalue weighted by atomic mass is 35.5. The first kappa shape index (κ1) is 21.0. The molecule has 0 bridgehead atoms. The molecule has 0 fully saturated rings. The van der Waals surface area contributed by atoms with Gasteiger partial charge in [0, 0.05) is 11.6 Å². The molecule has 0 spiro atoms. The Morgan fingerprint density at radius 2 is 1.70 bits per heavy atom. The molecule has 0 saturated heterocycles. The third-order valence-corrected chi connectivity index (χ3v) is 5.57. The number of nitrogens with one attached hydrogen (secondary N) is 2. The number of hydrogen-bond donors (Lipinski definition) is 2. The SMILES string of the molecule is COc1ccc(CNC(=O)[C@H](C)NS(=O)(=O)c2ccc(Cl)cc2)cc1OC. The topological polar surface area (TPSA) is 93.7 Å². The van der Waals surface area contributed by atoms with Crippen molar-refractivity contribution in [2.24, 2.45) is 0 Å². The van der Waals surface area contributed by atoms with Gasteiger partial charge < -0.3 is 14.8 Å². The molecule has 0 unspecified atom stereocenters. The molecule has 0 radical (unpaired) electrons. The number of ether oxygens (including phenoxy) is 2. The summed E-state index contributed by atoms with van der Waals surface area (Å²) in [7, 11) is -0.773. The average molecular weight is 413 g/mol. The number of carbonyl (C=O) groups excluding carboxylic acids is 1. The predicted molar refractivity (Wildman–Crippen MR) is 103 cm³/mol. The van der Waals surface area contributed by atoms with E-state index < -0.39 is 22.0 Å². The van der Waals surface area contributed by atoms with Gasteiger partial charge in [-0.25, -0.2) is 8.42 Å². The molecule has 0 aliphatic carbocycles. The number of benzene rings is 2. The maximum atomic E-state index is 12.3. The van der Waals surface area contributed by atoms with Crippen LogP contribution >= 0.6 is 11.6 Å². The highest BCUT2D eigenvalue weighted by molar-refractivity contribution is 7.89. The van der Waals surface area contributed by atoms with Crippen molar-refractivity contribution in [3.8, 4) is 11.5 Å². The van der Waals surface area contributed by atoms with Crippen LogP contribution in [-0.4, -0.2) is 34.6 Å². The van der Waals surface area contributed by atoms with Crippen molar-refractivity contribution in [2.75, 3.05) is 14.2 Å². The first-order valence-corrected chi connectivity index (χ1v) is 9.89. The highest BCUT2D eigenvalue weighted by Gasteiger charge is 2.22. The monoisotopic (exact) mass is 412 g/mol. The van der Waals surface area contributed by atoms with Crippen LogP contribution in [0.3, 0.4) is 0 Å². The first-order chi connectivity index (χ1) is 12.8. The lowest BCUT2D eigenvalue weighted by molar-refractivity contribution is -0.122. The zero-order chi connectivity index (χ0) is 20.0. The third-order valence-electron chi connectivity index (χ3n) is 3.76. The van der Waals surface area contributed by atoms with Crippen LogP contribution in [0.5, 0.6) is 11.5 Å². The zero-order valence-corrected chi connectivity index (χ0v) is 16.7. The molecule has 2 N–H and O–H groups in total. The molecule has 2 rings (SSSR count). The number of amides is 1. The van der Waals surface area contributed by atoms with Crippen molar-refractivity contribution >= 4 is 27.5 Å². The number of halogens is 1. The van der Waals surface area contributed by atoms with E-state index in [9.17, 15) is 13.2 Å². The van der Waals surface area contributed by atoms with E-state index in [0.717, 1.165) is 5.56 Å². The van der Waals surface area contributed by atoms with E-state index in [2.05, 4.69) is 10.0 Å². The van der Waals surface area contributed by atoms with E-state index in [-0.39, 0.29) is 11.4 Å². The second-order valence-corrected chi connectivity index (χ2v) is 7.85. The Hall–Kier alpha value is -2.29. The summed E-state index contributed by atoms with van der Waals surface area (Å²) in [6, 6.07) is 9.98. The van der Waals surface area contributed by atoms with Gasteiger partial charge in [0.2, 0.25) is 15.9 Å². The van der Waals surface area contributed by atoms with E-state index in [4.69, 9.17) is 21.1 Å². The predicted octanol–water partition coefficient (Wildman–Crippen LogP) is 2.34. The van der Waals surface area contributed by atoms with Gasteiger partial charge in [0.15, 0.2) is 11.5 Å². The fourth-order valence-electron chi connectivity index (χ4n) is 2.30. The van der Waals surface area contributed by atoms with E-state index in [1.165, 1.54) is 45.4 Å². The van der Waals surface area contributed by atoms with Crippen molar-refractivity contribution in [3.05, 3.63) is 53.1 Å². The zero-order valence-electron chi connectivity index (χ0n) is 15.2. The second-order valence-electron chi connectivity index (χ2n) is 5.70. The van der Waals surface area contributed by atoms with Gasteiger partial charge in [-0.2, -0.15) is 4.72 Å². The van der Waals surface area contributed by atoms with Crippen LogP contribution in [0.2, 0.25) is 5.02 Å². The van der Waals surface area contributed by atoms with Gasteiger partial charge in [-0.3, -0.25) is 4.79 Å². The minimum Gasteiger partial charge on any atom is -0.493 e. The molecule has 1 atom stereocenters. The van der Waals surface area contributed by atoms with Gasteiger partial charge in [-0.15, -0.1) is 0 Å². The Kier molecular flexibility index (Phi) is 7.06. The smallest absolute Gasteiger partial charge is 0.241 e. The lowest BCUT2D eigenvalue weighted by Crippen LogP contribution is -2.44. The number of hydrogen-bond acceptors (Lipinski definition) is 5. The van der Waals surface area contributed by atoms with Crippen molar-refractivity contribution < 1.29 is 22.7 Å². The van der Waals surface area contributed by atoms with Gasteiger partial charge in [-0.1, -0.05) is 17.7 Å². The van der Waals surface area contributed by atoms with Crippen molar-refractivity contribution in [2.45, 2.75) is 24.4 Å². The molecule has 2 aromatic rings. The molecule has 0 saturated carbocycles. The Morgan fingerprint density at radius 1 is 1.07 bits per heavy atom. The summed E-state index contributed by atoms with van der Waals surface area (Å²) in [5.74, 6) is 0.666. The average Bonchev–Trinajstić information content (AvgIpc) is 2.65. The van der Waals surface area contributed by atoms with E-state index in [1.54, 1.807) is 18.2 Å². The van der Waals surface area contributed by atoms with Crippen LogP contribution in [-0.2, 0) is 21.4 Å². The standard InChI is InChI=1S/C18H21ClN2O5S/c1-12(21-27(23,24)15-7-5-14(19)6-8-15)18(22)20-11-13-4-9-16(25-2)17(10-13)26-3/h4-10,12,21H,11H2,1-3H3,(H,20,22)/t12-/m0/s1. The summed E-state index contributed by atoms with van der Waals surface area (Å²) in [6.45, 7) is 1.68. The maximum absolute atomic E-state index is 12.3. The Labute approximate surface area is 163 Å². The maximum Gasteiger partial charge on any atom is 0.241 e. The molecule has 9 heteroatoms. The molecular weight excluding hydrogens is 392 g/mol. The van der Waals surface area contributed by atoms with Crippen LogP contribution in [0.4, 0.5) is 0 Å². The Balaban J connectivity index is 1.98. The molecule has 0 heterocycles. The van der Waals surface area contributed by atoms with Crippen LogP contribution in [0.1, 0.15) is 12.5 Å².